The van der Waals surface area contributed by atoms with Gasteiger partial charge in [-0.2, -0.15) is 0 Å². The highest BCUT2D eigenvalue weighted by molar-refractivity contribution is 5.91. The Morgan fingerprint density at radius 3 is 1.58 bits per heavy atom. The highest BCUT2D eigenvalue weighted by atomic mass is 16.6. The van der Waals surface area contributed by atoms with Gasteiger partial charge in [-0.3, -0.25) is 19.4 Å². The zero-order valence-corrected chi connectivity index (χ0v) is 28.3. The van der Waals surface area contributed by atoms with Crippen LogP contribution in [-0.4, -0.2) is 106 Å². The minimum atomic E-state index is -1.07. The predicted octanol–water partition coefficient (Wildman–Crippen LogP) is 2.96. The molecule has 50 heavy (non-hydrogen) atoms. The Labute approximate surface area is 291 Å². The van der Waals surface area contributed by atoms with Gasteiger partial charge in [0.25, 0.3) is 0 Å². The highest BCUT2D eigenvalue weighted by Gasteiger charge is 2.74. The third kappa shape index (κ3) is 3.53. The van der Waals surface area contributed by atoms with Crippen LogP contribution in [0.1, 0.15) is 60.8 Å². The van der Waals surface area contributed by atoms with E-state index in [0.717, 1.165) is 35.3 Å². The van der Waals surface area contributed by atoms with E-state index in [1.807, 2.05) is 24.3 Å². The lowest BCUT2D eigenvalue weighted by Crippen LogP contribution is -2.76. The van der Waals surface area contributed by atoms with Gasteiger partial charge in [0.05, 0.1) is 22.0 Å². The molecule has 2 aromatic rings. The SMILES string of the molecule is C=CCN1CC[C@]23c4c5ccc(OCCOc6ccc7c8c6O[C@H]6C(=O)CC[C@@]9(O)[C@@H](C7)N(CC=C)CC[C@]869)c4O[C@H]2C(=O)CC[C@@]3(O)[C@H]1C5. The largest absolute Gasteiger partial charge is 0.486 e. The van der Waals surface area contributed by atoms with E-state index >= 15 is 0 Å². The molecule has 8 aliphatic rings. The Balaban J connectivity index is 0.926. The maximum absolute atomic E-state index is 13.4. The molecule has 10 rings (SSSR count). The Kier molecular flexibility index (Phi) is 6.48. The molecule has 8 atom stereocenters. The summed E-state index contributed by atoms with van der Waals surface area (Å²) >= 11 is 0. The van der Waals surface area contributed by atoms with Crippen LogP contribution >= 0.6 is 0 Å². The topological polar surface area (TPSA) is 118 Å². The van der Waals surface area contributed by atoms with E-state index in [4.69, 9.17) is 18.9 Å². The third-order valence-electron chi connectivity index (χ3n) is 14.0. The van der Waals surface area contributed by atoms with Crippen molar-refractivity contribution in [2.45, 2.75) is 97.7 Å². The normalized spacial score (nSPS) is 38.4. The molecule has 0 amide bonds. The fourth-order valence-corrected chi connectivity index (χ4v) is 12.1. The summed E-state index contributed by atoms with van der Waals surface area (Å²) in [5, 5.41) is 24.9. The van der Waals surface area contributed by atoms with E-state index in [1.165, 1.54) is 0 Å². The molecule has 10 nitrogen and oxygen atoms in total. The number of nitrogens with zero attached hydrogens (tertiary/aromatic N) is 2. The van der Waals surface area contributed by atoms with E-state index in [-0.39, 0.29) is 36.9 Å². The van der Waals surface area contributed by atoms with E-state index < -0.39 is 34.2 Å². The van der Waals surface area contributed by atoms with Crippen molar-refractivity contribution in [1.82, 2.24) is 9.80 Å². The number of rotatable bonds is 9. The van der Waals surface area contributed by atoms with Crippen LogP contribution in [0, 0.1) is 0 Å². The maximum Gasteiger partial charge on any atom is 0.174 e. The van der Waals surface area contributed by atoms with Crippen LogP contribution < -0.4 is 18.9 Å². The second kappa shape index (κ2) is 10.4. The van der Waals surface area contributed by atoms with Crippen molar-refractivity contribution in [3.63, 3.8) is 0 Å². The number of hydrogen-bond acceptors (Lipinski definition) is 10. The molecule has 2 aromatic carbocycles. The van der Waals surface area contributed by atoms with Crippen molar-refractivity contribution in [3.05, 3.63) is 71.8 Å². The summed E-state index contributed by atoms with van der Waals surface area (Å²) in [7, 11) is 0. The van der Waals surface area contributed by atoms with Gasteiger partial charge in [0.15, 0.2) is 46.8 Å². The van der Waals surface area contributed by atoms with Gasteiger partial charge in [0.1, 0.15) is 13.2 Å². The highest BCUT2D eigenvalue weighted by Crippen LogP contribution is 2.66. The van der Waals surface area contributed by atoms with Crippen molar-refractivity contribution in [2.24, 2.45) is 0 Å². The second-order valence-electron chi connectivity index (χ2n) is 15.8. The van der Waals surface area contributed by atoms with Crippen LogP contribution in [-0.2, 0) is 33.3 Å². The summed E-state index contributed by atoms with van der Waals surface area (Å²) in [6.45, 7) is 11.2. The minimum Gasteiger partial charge on any atom is -0.486 e. The number of ketones is 2. The Hall–Kier alpha value is -3.70. The van der Waals surface area contributed by atoms with Crippen molar-refractivity contribution in [3.8, 4) is 23.0 Å². The number of hydrogen-bond donors (Lipinski definition) is 2. The molecule has 4 aliphatic heterocycles. The molecule has 2 spiro atoms. The molecule has 2 saturated heterocycles. The molecule has 4 fully saturated rings. The van der Waals surface area contributed by atoms with Crippen LogP contribution in [0.15, 0.2) is 49.6 Å². The molecule has 0 aromatic heterocycles. The lowest BCUT2D eigenvalue weighted by Gasteiger charge is -2.62. The minimum absolute atomic E-state index is 0.0394. The molecule has 0 unspecified atom stereocenters. The van der Waals surface area contributed by atoms with Crippen LogP contribution in [0.5, 0.6) is 23.0 Å². The summed E-state index contributed by atoms with van der Waals surface area (Å²) in [4.78, 5) is 31.4. The first-order chi connectivity index (χ1) is 24.2. The lowest BCUT2D eigenvalue weighted by atomic mass is 9.49. The molecule has 4 bridgehead atoms. The fraction of sp³-hybridized carbons (Fsp3) is 0.550. The van der Waals surface area contributed by atoms with Crippen molar-refractivity contribution >= 4 is 11.6 Å². The quantitative estimate of drug-likeness (QED) is 0.303. The predicted molar refractivity (Wildman–Crippen MR) is 182 cm³/mol. The Morgan fingerprint density at radius 1 is 0.720 bits per heavy atom. The number of likely N-dealkylation sites (tertiary alicyclic amines) is 2. The van der Waals surface area contributed by atoms with Crippen LogP contribution in [0.3, 0.4) is 0 Å². The van der Waals surface area contributed by atoms with Gasteiger partial charge >= 0.3 is 0 Å². The van der Waals surface area contributed by atoms with Gasteiger partial charge in [0, 0.05) is 62.2 Å². The monoisotopic (exact) mass is 680 g/mol. The van der Waals surface area contributed by atoms with Crippen molar-refractivity contribution in [2.75, 3.05) is 39.4 Å². The number of aliphatic hydroxyl groups is 2. The first kappa shape index (κ1) is 31.1. The van der Waals surface area contributed by atoms with E-state index in [1.54, 1.807) is 0 Å². The standard InChI is InChI=1S/C40H44N2O8/c1-3-15-41-17-13-37-31-23-5-7-27(33(31)49-35(37)25(43)9-11-39(37,45)29(41)21-23)47-19-20-48-28-8-6-24-22-30-40(46)12-10-26(44)36-38(40,32(24)34(28)50-36)14-18-42(30)16-4-2/h3-8,29-30,35-36,45-46H,1-2,9-22H2/t29-,30-,35+,36+,37+,38+,39-,40-/m1/s1. The van der Waals surface area contributed by atoms with Gasteiger partial charge < -0.3 is 29.2 Å². The average molecular weight is 681 g/mol. The number of ether oxygens (including phenoxy) is 4. The van der Waals surface area contributed by atoms with Crippen molar-refractivity contribution < 1.29 is 38.7 Å². The van der Waals surface area contributed by atoms with Crippen LogP contribution in [0.2, 0.25) is 0 Å². The van der Waals surface area contributed by atoms with Gasteiger partial charge in [-0.25, -0.2) is 0 Å². The first-order valence-corrected chi connectivity index (χ1v) is 18.3. The zero-order valence-electron chi connectivity index (χ0n) is 28.3. The molecule has 2 N–H and O–H groups in total. The second-order valence-corrected chi connectivity index (χ2v) is 15.8. The smallest absolute Gasteiger partial charge is 0.174 e. The molecular weight excluding hydrogens is 636 g/mol. The third-order valence-corrected chi connectivity index (χ3v) is 14.0. The van der Waals surface area contributed by atoms with Crippen molar-refractivity contribution in [1.29, 1.82) is 0 Å². The molecular formula is C40H44N2O8. The van der Waals surface area contributed by atoms with Crippen LogP contribution in [0.25, 0.3) is 0 Å². The maximum atomic E-state index is 13.4. The lowest BCUT2D eigenvalue weighted by molar-refractivity contribution is -0.187. The van der Waals surface area contributed by atoms with Gasteiger partial charge in [-0.15, -0.1) is 13.2 Å². The number of carbonyl (C=O) groups excluding carboxylic acids is 2. The summed E-state index contributed by atoms with van der Waals surface area (Å²) in [6.07, 6.45) is 6.36. The fourth-order valence-electron chi connectivity index (χ4n) is 12.1. The number of benzene rings is 2. The average Bonchev–Trinajstić information content (AvgIpc) is 3.65. The molecule has 2 saturated carbocycles. The molecule has 0 radical (unpaired) electrons. The molecule has 4 aliphatic carbocycles. The summed E-state index contributed by atoms with van der Waals surface area (Å²) in [6, 6.07) is 7.74. The van der Waals surface area contributed by atoms with E-state index in [2.05, 4.69) is 35.1 Å². The van der Waals surface area contributed by atoms with E-state index in [9.17, 15) is 19.8 Å². The summed E-state index contributed by atoms with van der Waals surface area (Å²) in [5.41, 5.74) is 0.368. The van der Waals surface area contributed by atoms with Gasteiger partial charge in [-0.1, -0.05) is 24.3 Å². The van der Waals surface area contributed by atoms with Gasteiger partial charge in [0.2, 0.25) is 0 Å². The number of Topliss-reactive ketones (excluding diaryl/α,β-unsaturated/α-hetero) is 2. The Bertz CT molecular complexity index is 1740. The number of carbonyl (C=O) groups is 2. The summed E-state index contributed by atoms with van der Waals surface area (Å²) in [5.74, 6) is 2.32. The molecule has 4 heterocycles. The first-order valence-electron chi connectivity index (χ1n) is 18.3. The molecule has 262 valence electrons. The van der Waals surface area contributed by atoms with E-state index in [0.29, 0.717) is 87.5 Å². The molecule has 10 heteroatoms. The van der Waals surface area contributed by atoms with Gasteiger partial charge in [-0.05, 0) is 61.8 Å². The number of piperidine rings is 2. The van der Waals surface area contributed by atoms with Crippen LogP contribution in [0.4, 0.5) is 0 Å². The summed E-state index contributed by atoms with van der Waals surface area (Å²) < 4.78 is 25.7. The zero-order chi connectivity index (χ0) is 34.2. The Morgan fingerprint density at radius 2 is 1.16 bits per heavy atom.